The van der Waals surface area contributed by atoms with Crippen LogP contribution in [0.5, 0.6) is 0 Å². The van der Waals surface area contributed by atoms with Crippen LogP contribution in [0.2, 0.25) is 0 Å². The minimum absolute atomic E-state index is 0.139. The van der Waals surface area contributed by atoms with E-state index in [0.717, 1.165) is 18.7 Å². The fraction of sp³-hybridized carbons (Fsp3) is 0.533. The lowest BCUT2D eigenvalue weighted by Gasteiger charge is -2.11. The van der Waals surface area contributed by atoms with Gasteiger partial charge in [-0.3, -0.25) is 4.79 Å². The Morgan fingerprint density at radius 1 is 1.35 bits per heavy atom. The first-order valence-electron chi connectivity index (χ1n) is 6.97. The second-order valence-corrected chi connectivity index (χ2v) is 5.10. The largest absolute Gasteiger partial charge is 0.397 e. The van der Waals surface area contributed by atoms with Gasteiger partial charge in [0.15, 0.2) is 0 Å². The van der Waals surface area contributed by atoms with Crippen LogP contribution in [0.3, 0.4) is 0 Å². The Bertz CT molecular complexity index is 433. The molecule has 0 heterocycles. The molecule has 5 nitrogen and oxygen atoms in total. The quantitative estimate of drug-likeness (QED) is 0.503. The second-order valence-electron chi connectivity index (χ2n) is 5.10. The third-order valence-electron chi connectivity index (χ3n) is 2.94. The van der Waals surface area contributed by atoms with Crippen LogP contribution in [0.15, 0.2) is 18.2 Å². The summed E-state index contributed by atoms with van der Waals surface area (Å²) in [5.74, 6) is 0.524. The number of benzene rings is 1. The van der Waals surface area contributed by atoms with Crippen molar-refractivity contribution in [1.82, 2.24) is 5.32 Å². The number of hydrogen-bond donors (Lipinski definition) is 3. The molecule has 20 heavy (non-hydrogen) atoms. The molecule has 0 aromatic heterocycles. The first-order chi connectivity index (χ1) is 9.54. The van der Waals surface area contributed by atoms with Crippen molar-refractivity contribution in [3.05, 3.63) is 23.8 Å². The van der Waals surface area contributed by atoms with E-state index in [1.807, 2.05) is 6.07 Å². The molecule has 1 amide bonds. The number of amides is 1. The van der Waals surface area contributed by atoms with Gasteiger partial charge in [-0.25, -0.2) is 0 Å². The number of nitrogen functional groups attached to an aromatic ring is 1. The molecule has 0 saturated heterocycles. The van der Waals surface area contributed by atoms with E-state index in [1.165, 1.54) is 0 Å². The van der Waals surface area contributed by atoms with Gasteiger partial charge in [-0.15, -0.1) is 0 Å². The van der Waals surface area contributed by atoms with Gasteiger partial charge in [-0.2, -0.15) is 0 Å². The Morgan fingerprint density at radius 2 is 2.10 bits per heavy atom. The number of ether oxygens (including phenoxy) is 1. The summed E-state index contributed by atoms with van der Waals surface area (Å²) >= 11 is 0. The highest BCUT2D eigenvalue weighted by Gasteiger charge is 2.06. The first-order valence-corrected chi connectivity index (χ1v) is 6.97. The summed E-state index contributed by atoms with van der Waals surface area (Å²) in [6, 6.07) is 5.23. The number of nitrogens with one attached hydrogen (secondary N) is 2. The maximum absolute atomic E-state index is 11.5. The van der Waals surface area contributed by atoms with Crippen molar-refractivity contribution in [2.45, 2.75) is 20.3 Å². The monoisotopic (exact) mass is 279 g/mol. The fourth-order valence-corrected chi connectivity index (χ4v) is 1.69. The molecule has 0 spiro atoms. The molecule has 0 bridgehead atoms. The summed E-state index contributed by atoms with van der Waals surface area (Å²) in [7, 11) is 1.60. The van der Waals surface area contributed by atoms with Crippen LogP contribution in [0.4, 0.5) is 11.4 Å². The zero-order valence-corrected chi connectivity index (χ0v) is 12.5. The molecule has 0 fully saturated rings. The molecular weight excluding hydrogens is 254 g/mol. The number of rotatable bonds is 8. The summed E-state index contributed by atoms with van der Waals surface area (Å²) in [4.78, 5) is 11.5. The molecule has 5 heteroatoms. The molecule has 0 aliphatic rings. The van der Waals surface area contributed by atoms with Crippen LogP contribution in [-0.4, -0.2) is 32.7 Å². The molecule has 0 aliphatic heterocycles. The van der Waals surface area contributed by atoms with E-state index in [9.17, 15) is 4.79 Å². The minimum Gasteiger partial charge on any atom is -0.397 e. The summed E-state index contributed by atoms with van der Waals surface area (Å²) < 4.78 is 5.52. The Labute approximate surface area is 120 Å². The maximum Gasteiger partial charge on any atom is 0.251 e. The highest BCUT2D eigenvalue weighted by atomic mass is 16.5. The zero-order chi connectivity index (χ0) is 15.0. The van der Waals surface area contributed by atoms with Crippen molar-refractivity contribution in [2.75, 3.05) is 37.9 Å². The number of hydrogen-bond acceptors (Lipinski definition) is 4. The Kier molecular flexibility index (Phi) is 6.87. The number of anilines is 2. The highest BCUT2D eigenvalue weighted by Crippen LogP contribution is 2.19. The van der Waals surface area contributed by atoms with Crippen molar-refractivity contribution < 1.29 is 9.53 Å². The number of carbonyl (C=O) groups excluding carboxylic acids is 1. The van der Waals surface area contributed by atoms with Crippen LogP contribution in [-0.2, 0) is 4.74 Å². The van der Waals surface area contributed by atoms with Gasteiger partial charge in [0, 0.05) is 25.8 Å². The van der Waals surface area contributed by atoms with E-state index >= 15 is 0 Å². The van der Waals surface area contributed by atoms with E-state index in [-0.39, 0.29) is 5.91 Å². The molecule has 1 aromatic rings. The molecule has 0 atom stereocenters. The molecule has 0 saturated carbocycles. The van der Waals surface area contributed by atoms with Crippen molar-refractivity contribution in [1.29, 1.82) is 0 Å². The normalized spacial score (nSPS) is 10.6. The van der Waals surface area contributed by atoms with E-state index < -0.39 is 0 Å². The Hall–Kier alpha value is -1.75. The molecule has 0 unspecified atom stereocenters. The van der Waals surface area contributed by atoms with Crippen LogP contribution < -0.4 is 16.4 Å². The van der Waals surface area contributed by atoms with Crippen LogP contribution in [0, 0.1) is 5.92 Å². The van der Waals surface area contributed by atoms with Gasteiger partial charge in [0.25, 0.3) is 5.91 Å². The first kappa shape index (κ1) is 16.3. The second kappa shape index (κ2) is 8.43. The molecule has 112 valence electrons. The molecule has 1 rings (SSSR count). The minimum atomic E-state index is -0.139. The van der Waals surface area contributed by atoms with Crippen molar-refractivity contribution >= 4 is 17.3 Å². The molecule has 1 aromatic carbocycles. The van der Waals surface area contributed by atoms with Crippen LogP contribution in [0.25, 0.3) is 0 Å². The topological polar surface area (TPSA) is 76.4 Å². The van der Waals surface area contributed by atoms with Crippen molar-refractivity contribution in [3.8, 4) is 0 Å². The van der Waals surface area contributed by atoms with Gasteiger partial charge in [0.1, 0.15) is 0 Å². The van der Waals surface area contributed by atoms with Gasteiger partial charge in [-0.05, 0) is 30.5 Å². The number of carbonyl (C=O) groups is 1. The predicted molar refractivity (Wildman–Crippen MR) is 83.0 cm³/mol. The summed E-state index contributed by atoms with van der Waals surface area (Å²) in [5.41, 5.74) is 7.86. The Morgan fingerprint density at radius 3 is 2.70 bits per heavy atom. The maximum atomic E-state index is 11.5. The molecular formula is C15H25N3O2. The van der Waals surface area contributed by atoms with Gasteiger partial charge in [-0.1, -0.05) is 13.8 Å². The average molecular weight is 279 g/mol. The van der Waals surface area contributed by atoms with Crippen molar-refractivity contribution in [2.24, 2.45) is 5.92 Å². The lowest BCUT2D eigenvalue weighted by atomic mass is 10.1. The zero-order valence-electron chi connectivity index (χ0n) is 12.5. The van der Waals surface area contributed by atoms with E-state index in [2.05, 4.69) is 24.5 Å². The van der Waals surface area contributed by atoms with Gasteiger partial charge < -0.3 is 21.1 Å². The van der Waals surface area contributed by atoms with Crippen molar-refractivity contribution in [3.63, 3.8) is 0 Å². The SMILES string of the molecule is CNC(=O)c1ccc(NCCOCCC(C)C)c(N)c1. The Balaban J connectivity index is 2.36. The van der Waals surface area contributed by atoms with E-state index in [4.69, 9.17) is 10.5 Å². The van der Waals surface area contributed by atoms with Crippen LogP contribution in [0.1, 0.15) is 30.6 Å². The summed E-state index contributed by atoms with van der Waals surface area (Å²) in [5, 5.41) is 5.77. The number of nitrogens with two attached hydrogens (primary N) is 1. The third kappa shape index (κ3) is 5.48. The highest BCUT2D eigenvalue weighted by molar-refractivity contribution is 5.95. The summed E-state index contributed by atoms with van der Waals surface area (Å²) in [6.07, 6.45) is 1.07. The molecule has 0 radical (unpaired) electrons. The van der Waals surface area contributed by atoms with E-state index in [0.29, 0.717) is 30.3 Å². The lowest BCUT2D eigenvalue weighted by Crippen LogP contribution is -2.18. The molecule has 0 aliphatic carbocycles. The van der Waals surface area contributed by atoms with Gasteiger partial charge >= 0.3 is 0 Å². The third-order valence-corrected chi connectivity index (χ3v) is 2.94. The fourth-order valence-electron chi connectivity index (χ4n) is 1.69. The smallest absolute Gasteiger partial charge is 0.251 e. The summed E-state index contributed by atoms with van der Waals surface area (Å²) in [6.45, 7) is 6.47. The average Bonchev–Trinajstić information content (AvgIpc) is 2.42. The van der Waals surface area contributed by atoms with Crippen LogP contribution >= 0.6 is 0 Å². The van der Waals surface area contributed by atoms with E-state index in [1.54, 1.807) is 19.2 Å². The predicted octanol–water partition coefficient (Wildman–Crippen LogP) is 2.10. The molecule has 4 N–H and O–H groups in total. The lowest BCUT2D eigenvalue weighted by molar-refractivity contribution is 0.0963. The van der Waals surface area contributed by atoms with Gasteiger partial charge in [0.2, 0.25) is 0 Å². The van der Waals surface area contributed by atoms with Gasteiger partial charge in [0.05, 0.1) is 18.0 Å². The standard InChI is InChI=1S/C15H25N3O2/c1-11(2)6-8-20-9-7-18-14-5-4-12(10-13(14)16)15(19)17-3/h4-5,10-11,18H,6-9,16H2,1-3H3,(H,17,19).